The fraction of sp³-hybridized carbons (Fsp3) is 0.880. The molecule has 0 unspecified atom stereocenters. The number of nitrogens with one attached hydrogen (secondary N) is 2. The van der Waals surface area contributed by atoms with E-state index in [1.54, 1.807) is 4.90 Å². The maximum Gasteiger partial charge on any atom is 0.329 e. The highest BCUT2D eigenvalue weighted by Gasteiger charge is 2.69. The Hall–Kier alpha value is -1.66. The van der Waals surface area contributed by atoms with E-state index < -0.39 is 35.4 Å². The van der Waals surface area contributed by atoms with Crippen LogP contribution in [0.1, 0.15) is 58.3 Å². The molecule has 2 spiro atoms. The molecular formula is C25H44N4O6SSi. The fourth-order valence-electron chi connectivity index (χ4n) is 6.38. The second-order valence-electron chi connectivity index (χ2n) is 12.9. The quantitative estimate of drug-likeness (QED) is 0.242. The minimum Gasteiger partial charge on any atom is -0.361 e. The largest absolute Gasteiger partial charge is 0.361 e. The van der Waals surface area contributed by atoms with Gasteiger partial charge in [0.25, 0.3) is 5.91 Å². The van der Waals surface area contributed by atoms with Gasteiger partial charge in [-0.2, -0.15) is 0 Å². The fourth-order valence-corrected chi connectivity index (χ4v) is 9.03. The van der Waals surface area contributed by atoms with Crippen LogP contribution in [0.25, 0.3) is 0 Å². The number of carbonyl (C=O) groups excluding carboxylic acids is 3. The average Bonchev–Trinajstić information content (AvgIpc) is 2.96. The molecule has 0 aromatic rings. The van der Waals surface area contributed by atoms with Gasteiger partial charge in [0.05, 0.1) is 11.5 Å². The van der Waals surface area contributed by atoms with Crippen LogP contribution in [0.2, 0.25) is 25.7 Å². The first kappa shape index (κ1) is 28.3. The third-order valence-electron chi connectivity index (χ3n) is 8.58. The Kier molecular flexibility index (Phi) is 8.03. The Balaban J connectivity index is 1.33. The van der Waals surface area contributed by atoms with E-state index >= 15 is 0 Å². The Bertz CT molecular complexity index is 985. The van der Waals surface area contributed by atoms with Crippen molar-refractivity contribution in [3.63, 3.8) is 0 Å². The number of urea groups is 2. The third kappa shape index (κ3) is 6.00. The molecule has 4 rings (SSSR count). The van der Waals surface area contributed by atoms with Crippen LogP contribution in [0, 0.1) is 5.41 Å². The first-order valence-corrected chi connectivity index (χ1v) is 19.3. The van der Waals surface area contributed by atoms with Crippen LogP contribution in [-0.2, 0) is 19.4 Å². The van der Waals surface area contributed by atoms with Crippen molar-refractivity contribution >= 4 is 35.9 Å². The molecule has 2 saturated carbocycles. The van der Waals surface area contributed by atoms with E-state index in [0.29, 0.717) is 13.2 Å². The lowest BCUT2D eigenvalue weighted by molar-refractivity contribution is -0.137. The first-order chi connectivity index (χ1) is 17.3. The second-order valence-corrected chi connectivity index (χ2v) is 20.6. The molecule has 12 heteroatoms. The molecule has 37 heavy (non-hydrogen) atoms. The molecule has 2 saturated heterocycles. The average molecular weight is 557 g/mol. The van der Waals surface area contributed by atoms with Gasteiger partial charge >= 0.3 is 12.1 Å². The van der Waals surface area contributed by atoms with Gasteiger partial charge in [0.1, 0.15) is 6.73 Å². The number of imide groups is 1. The summed E-state index contributed by atoms with van der Waals surface area (Å²) >= 11 is 0. The van der Waals surface area contributed by atoms with E-state index in [1.165, 1.54) is 0 Å². The molecule has 2 aliphatic heterocycles. The van der Waals surface area contributed by atoms with Gasteiger partial charge in [-0.1, -0.05) is 33.0 Å². The van der Waals surface area contributed by atoms with E-state index in [1.807, 2.05) is 0 Å². The summed E-state index contributed by atoms with van der Waals surface area (Å²) in [7, 11) is -4.65. The maximum atomic E-state index is 13.4. The van der Waals surface area contributed by atoms with Gasteiger partial charge in [-0.3, -0.25) is 4.79 Å². The number of hydrogen-bond acceptors (Lipinski definition) is 6. The van der Waals surface area contributed by atoms with Crippen molar-refractivity contribution in [3.8, 4) is 0 Å². The summed E-state index contributed by atoms with van der Waals surface area (Å²) < 4.78 is 30.1. The maximum absolute atomic E-state index is 13.4. The van der Waals surface area contributed by atoms with Crippen molar-refractivity contribution in [2.75, 3.05) is 31.4 Å². The van der Waals surface area contributed by atoms with Crippen molar-refractivity contribution in [1.82, 2.24) is 20.4 Å². The van der Waals surface area contributed by atoms with Gasteiger partial charge < -0.3 is 20.3 Å². The SMILES string of the molecule is CCCCNC(=O)NC1CCC2(CC1)CC(N1C(=O)N(COCC[Si](C)(C)C)C(=O)C13CS(=O)(=O)C3)C2. The minimum absolute atomic E-state index is 0.0932. The molecule has 10 nitrogen and oxygen atoms in total. The summed E-state index contributed by atoms with van der Waals surface area (Å²) in [6.45, 7) is 9.83. The third-order valence-corrected chi connectivity index (χ3v) is 12.1. The number of nitrogens with zero attached hydrogens (tertiary/aromatic N) is 2. The van der Waals surface area contributed by atoms with Crippen molar-refractivity contribution in [3.05, 3.63) is 0 Å². The highest BCUT2D eigenvalue weighted by molar-refractivity contribution is 7.93. The van der Waals surface area contributed by atoms with Crippen LogP contribution >= 0.6 is 0 Å². The molecule has 2 aliphatic carbocycles. The van der Waals surface area contributed by atoms with E-state index in [-0.39, 0.29) is 41.8 Å². The summed E-state index contributed by atoms with van der Waals surface area (Å²) in [4.78, 5) is 41.6. The van der Waals surface area contributed by atoms with Gasteiger partial charge in [0.2, 0.25) is 0 Å². The van der Waals surface area contributed by atoms with E-state index in [9.17, 15) is 22.8 Å². The lowest BCUT2D eigenvalue weighted by atomic mass is 9.57. The molecule has 4 aliphatic rings. The van der Waals surface area contributed by atoms with Crippen LogP contribution < -0.4 is 10.6 Å². The molecule has 0 aromatic carbocycles. The van der Waals surface area contributed by atoms with Crippen molar-refractivity contribution in [2.24, 2.45) is 5.41 Å². The summed E-state index contributed by atoms with van der Waals surface area (Å²) in [6, 6.07) is 0.414. The van der Waals surface area contributed by atoms with E-state index in [0.717, 1.165) is 62.3 Å². The van der Waals surface area contributed by atoms with Gasteiger partial charge in [0, 0.05) is 33.3 Å². The van der Waals surface area contributed by atoms with Crippen molar-refractivity contribution in [2.45, 2.75) is 102 Å². The second kappa shape index (κ2) is 10.5. The summed E-state index contributed by atoms with van der Waals surface area (Å²) in [6.07, 6.45) is 7.22. The van der Waals surface area contributed by atoms with E-state index in [4.69, 9.17) is 4.74 Å². The minimum atomic E-state index is -3.33. The molecule has 210 valence electrons. The van der Waals surface area contributed by atoms with Crippen molar-refractivity contribution < 1.29 is 27.5 Å². The lowest BCUT2D eigenvalue weighted by Gasteiger charge is -2.57. The predicted octanol–water partition coefficient (Wildman–Crippen LogP) is 2.92. The smallest absolute Gasteiger partial charge is 0.329 e. The number of amides is 5. The molecule has 4 fully saturated rings. The summed E-state index contributed by atoms with van der Waals surface area (Å²) in [5, 5.41) is 5.98. The molecular weight excluding hydrogens is 512 g/mol. The number of sulfone groups is 1. The van der Waals surface area contributed by atoms with Gasteiger partial charge in [-0.25, -0.2) is 22.9 Å². The lowest BCUT2D eigenvalue weighted by Crippen LogP contribution is -2.71. The first-order valence-electron chi connectivity index (χ1n) is 13.8. The predicted molar refractivity (Wildman–Crippen MR) is 144 cm³/mol. The van der Waals surface area contributed by atoms with Gasteiger partial charge in [-0.15, -0.1) is 0 Å². The van der Waals surface area contributed by atoms with E-state index in [2.05, 4.69) is 37.2 Å². The summed E-state index contributed by atoms with van der Waals surface area (Å²) in [5.74, 6) is -1.01. The Morgan fingerprint density at radius 3 is 2.35 bits per heavy atom. The highest BCUT2D eigenvalue weighted by Crippen LogP contribution is 2.56. The molecule has 2 heterocycles. The Morgan fingerprint density at radius 2 is 1.78 bits per heavy atom. The normalized spacial score (nSPS) is 30.4. The number of rotatable bonds is 10. The van der Waals surface area contributed by atoms with Crippen molar-refractivity contribution in [1.29, 1.82) is 0 Å². The molecule has 0 atom stereocenters. The number of unbranched alkanes of at least 4 members (excludes halogenated alkanes) is 1. The molecule has 0 radical (unpaired) electrons. The zero-order valence-corrected chi connectivity index (χ0v) is 24.6. The Morgan fingerprint density at radius 1 is 1.14 bits per heavy atom. The molecule has 5 amide bonds. The standard InChI is InChI=1S/C25H44N4O6SSi/c1-5-6-11-26-22(31)27-19-7-9-24(10-8-19)14-20(15-24)29-23(32)28(18-35-12-13-37(2,3)4)21(30)25(29)16-36(33,34)17-25/h19-20H,5-18H2,1-4H3,(H2,26,27,31). The van der Waals surface area contributed by atoms with Crippen LogP contribution in [-0.4, -0.2) is 93.3 Å². The monoisotopic (exact) mass is 556 g/mol. The summed E-state index contributed by atoms with van der Waals surface area (Å²) in [5.41, 5.74) is -1.17. The zero-order valence-electron chi connectivity index (χ0n) is 22.8. The van der Waals surface area contributed by atoms with Crippen LogP contribution in [0.5, 0.6) is 0 Å². The van der Waals surface area contributed by atoms with Gasteiger partial charge in [0.15, 0.2) is 15.4 Å². The zero-order chi connectivity index (χ0) is 27.1. The molecule has 2 N–H and O–H groups in total. The number of hydrogen-bond donors (Lipinski definition) is 2. The molecule has 0 aromatic heterocycles. The highest BCUT2D eigenvalue weighted by atomic mass is 32.2. The van der Waals surface area contributed by atoms with Crippen LogP contribution in [0.15, 0.2) is 0 Å². The number of carbonyl (C=O) groups is 3. The Labute approximate surface area is 222 Å². The van der Waals surface area contributed by atoms with Crippen LogP contribution in [0.3, 0.4) is 0 Å². The number of ether oxygens (including phenoxy) is 1. The topological polar surface area (TPSA) is 125 Å². The van der Waals surface area contributed by atoms with Crippen LogP contribution in [0.4, 0.5) is 9.59 Å². The molecule has 0 bridgehead atoms. The van der Waals surface area contributed by atoms with Gasteiger partial charge in [-0.05, 0) is 56.4 Å².